The van der Waals surface area contributed by atoms with Crippen molar-refractivity contribution in [3.8, 4) is 0 Å². The van der Waals surface area contributed by atoms with E-state index in [0.717, 1.165) is 0 Å². The number of H-pyrrole nitrogens is 1. The minimum absolute atomic E-state index is 0.546. The molecule has 0 fully saturated rings. The Morgan fingerprint density at radius 1 is 1.42 bits per heavy atom. The number of aromatic amines is 1. The summed E-state index contributed by atoms with van der Waals surface area (Å²) in [7, 11) is 0. The van der Waals surface area contributed by atoms with E-state index in [1.165, 1.54) is 16.5 Å². The maximum Gasteiger partial charge on any atom is 0.0361 e. The summed E-state index contributed by atoms with van der Waals surface area (Å²) in [5.74, 6) is 0.546. The van der Waals surface area contributed by atoms with Crippen LogP contribution in [0.15, 0.2) is 24.7 Å². The maximum atomic E-state index is 4.07. The number of nitrogens with one attached hydrogen (secondary N) is 1. The highest BCUT2D eigenvalue weighted by molar-refractivity contribution is 5.84. The zero-order chi connectivity index (χ0) is 8.55. The van der Waals surface area contributed by atoms with Gasteiger partial charge >= 0.3 is 0 Å². The average Bonchev–Trinajstić information content (AvgIpc) is 2.47. The number of fused-ring (bicyclic) bond motifs is 1. The Morgan fingerprint density at radius 3 is 3.00 bits per heavy atom. The third-order valence-corrected chi connectivity index (χ3v) is 2.10. The van der Waals surface area contributed by atoms with Gasteiger partial charge in [0.15, 0.2) is 0 Å². The first kappa shape index (κ1) is 7.35. The fourth-order valence-electron chi connectivity index (χ4n) is 1.48. The Morgan fingerprint density at radius 2 is 2.25 bits per heavy atom. The minimum Gasteiger partial charge on any atom is -0.364 e. The third-order valence-electron chi connectivity index (χ3n) is 2.10. The quantitative estimate of drug-likeness (QED) is 0.682. The number of pyridine rings is 1. The second-order valence-electron chi connectivity index (χ2n) is 3.32. The Kier molecular flexibility index (Phi) is 1.61. The number of hydrogen-bond donors (Lipinski definition) is 1. The molecule has 0 amide bonds. The molecule has 2 aromatic heterocycles. The number of hydrogen-bond acceptors (Lipinski definition) is 1. The summed E-state index contributed by atoms with van der Waals surface area (Å²) >= 11 is 0. The van der Waals surface area contributed by atoms with E-state index in [9.17, 15) is 0 Å². The third kappa shape index (κ3) is 0.998. The van der Waals surface area contributed by atoms with Crippen LogP contribution in [-0.2, 0) is 0 Å². The first-order chi connectivity index (χ1) is 5.79. The summed E-state index contributed by atoms with van der Waals surface area (Å²) in [4.78, 5) is 7.34. The van der Waals surface area contributed by atoms with Crippen LogP contribution in [0.1, 0.15) is 25.5 Å². The van der Waals surface area contributed by atoms with Crippen LogP contribution in [0.25, 0.3) is 10.8 Å². The van der Waals surface area contributed by atoms with Gasteiger partial charge in [-0.3, -0.25) is 4.98 Å². The number of aromatic nitrogens is 2. The monoisotopic (exact) mass is 160 g/mol. The van der Waals surface area contributed by atoms with Gasteiger partial charge in [0.2, 0.25) is 0 Å². The van der Waals surface area contributed by atoms with E-state index in [0.29, 0.717) is 5.92 Å². The molecule has 62 valence electrons. The van der Waals surface area contributed by atoms with E-state index in [2.05, 4.69) is 29.9 Å². The van der Waals surface area contributed by atoms with Crippen LogP contribution in [0.4, 0.5) is 0 Å². The van der Waals surface area contributed by atoms with Gasteiger partial charge < -0.3 is 4.98 Å². The van der Waals surface area contributed by atoms with Crippen molar-refractivity contribution < 1.29 is 0 Å². The standard InChI is InChI=1S/C10H12N2/c1-7(2)10-9-3-4-11-5-8(9)6-12-10/h3-7,12H,1-2H3. The average molecular weight is 160 g/mol. The molecule has 0 aliphatic rings. The summed E-state index contributed by atoms with van der Waals surface area (Å²) in [6, 6.07) is 2.06. The van der Waals surface area contributed by atoms with Crippen LogP contribution >= 0.6 is 0 Å². The molecule has 2 nitrogen and oxygen atoms in total. The first-order valence-corrected chi connectivity index (χ1v) is 4.20. The molecule has 2 heteroatoms. The zero-order valence-corrected chi connectivity index (χ0v) is 7.33. The highest BCUT2D eigenvalue weighted by Gasteiger charge is 2.05. The summed E-state index contributed by atoms with van der Waals surface area (Å²) in [6.07, 6.45) is 5.73. The lowest BCUT2D eigenvalue weighted by Gasteiger charge is -2.01. The highest BCUT2D eigenvalue weighted by atomic mass is 14.7. The van der Waals surface area contributed by atoms with Gasteiger partial charge in [-0.15, -0.1) is 0 Å². The SMILES string of the molecule is CC(C)c1[nH]cc2cnccc12. The summed E-state index contributed by atoms with van der Waals surface area (Å²) < 4.78 is 0. The normalized spacial score (nSPS) is 11.2. The minimum atomic E-state index is 0.546. The molecule has 0 spiro atoms. The molecule has 0 saturated heterocycles. The molecular weight excluding hydrogens is 148 g/mol. The molecule has 2 rings (SSSR count). The number of nitrogens with zero attached hydrogens (tertiary/aromatic N) is 1. The lowest BCUT2D eigenvalue weighted by atomic mass is 10.1. The Hall–Kier alpha value is -1.31. The Bertz CT molecular complexity index is 387. The van der Waals surface area contributed by atoms with Crippen LogP contribution in [-0.4, -0.2) is 9.97 Å². The van der Waals surface area contributed by atoms with Crippen LogP contribution in [0.3, 0.4) is 0 Å². The summed E-state index contributed by atoms with van der Waals surface area (Å²) in [6.45, 7) is 4.37. The van der Waals surface area contributed by atoms with E-state index in [1.807, 2.05) is 18.6 Å². The van der Waals surface area contributed by atoms with Crippen molar-refractivity contribution in [3.63, 3.8) is 0 Å². The first-order valence-electron chi connectivity index (χ1n) is 4.20. The van der Waals surface area contributed by atoms with E-state index in [4.69, 9.17) is 0 Å². The zero-order valence-electron chi connectivity index (χ0n) is 7.33. The molecule has 1 N–H and O–H groups in total. The van der Waals surface area contributed by atoms with E-state index >= 15 is 0 Å². The van der Waals surface area contributed by atoms with Crippen LogP contribution in [0.2, 0.25) is 0 Å². The van der Waals surface area contributed by atoms with Crippen molar-refractivity contribution in [1.82, 2.24) is 9.97 Å². The van der Waals surface area contributed by atoms with Gasteiger partial charge in [0.1, 0.15) is 0 Å². The van der Waals surface area contributed by atoms with E-state index < -0.39 is 0 Å². The highest BCUT2D eigenvalue weighted by Crippen LogP contribution is 2.22. The van der Waals surface area contributed by atoms with Gasteiger partial charge in [-0.25, -0.2) is 0 Å². The van der Waals surface area contributed by atoms with E-state index in [1.54, 1.807) is 0 Å². The van der Waals surface area contributed by atoms with Gasteiger partial charge in [-0.2, -0.15) is 0 Å². The second kappa shape index (κ2) is 2.63. The molecule has 0 bridgehead atoms. The fourth-order valence-corrected chi connectivity index (χ4v) is 1.48. The van der Waals surface area contributed by atoms with Crippen LogP contribution in [0, 0.1) is 0 Å². The van der Waals surface area contributed by atoms with Crippen molar-refractivity contribution in [2.75, 3.05) is 0 Å². The topological polar surface area (TPSA) is 28.7 Å². The van der Waals surface area contributed by atoms with Gasteiger partial charge in [0.05, 0.1) is 0 Å². The number of rotatable bonds is 1. The largest absolute Gasteiger partial charge is 0.364 e. The molecule has 0 aliphatic heterocycles. The second-order valence-corrected chi connectivity index (χ2v) is 3.32. The van der Waals surface area contributed by atoms with Crippen molar-refractivity contribution >= 4 is 10.8 Å². The molecule has 2 aromatic rings. The molecule has 0 radical (unpaired) electrons. The van der Waals surface area contributed by atoms with Crippen molar-refractivity contribution in [3.05, 3.63) is 30.4 Å². The molecular formula is C10H12N2. The van der Waals surface area contributed by atoms with Gasteiger partial charge in [-0.1, -0.05) is 13.8 Å². The molecule has 2 heterocycles. The predicted octanol–water partition coefficient (Wildman–Crippen LogP) is 2.69. The van der Waals surface area contributed by atoms with Crippen LogP contribution in [0.5, 0.6) is 0 Å². The molecule has 0 aliphatic carbocycles. The molecule has 0 atom stereocenters. The molecule has 0 aromatic carbocycles. The predicted molar refractivity (Wildman–Crippen MR) is 50.2 cm³/mol. The molecule has 0 unspecified atom stereocenters. The van der Waals surface area contributed by atoms with E-state index in [-0.39, 0.29) is 0 Å². The van der Waals surface area contributed by atoms with Crippen LogP contribution < -0.4 is 0 Å². The maximum absolute atomic E-state index is 4.07. The Labute approximate surface area is 71.6 Å². The fraction of sp³-hybridized carbons (Fsp3) is 0.300. The molecule has 12 heavy (non-hydrogen) atoms. The lowest BCUT2D eigenvalue weighted by molar-refractivity contribution is 0.841. The molecule has 0 saturated carbocycles. The van der Waals surface area contributed by atoms with Crippen molar-refractivity contribution in [2.24, 2.45) is 0 Å². The smallest absolute Gasteiger partial charge is 0.0361 e. The summed E-state index contributed by atoms with van der Waals surface area (Å²) in [5.41, 5.74) is 1.30. The lowest BCUT2D eigenvalue weighted by Crippen LogP contribution is -1.86. The van der Waals surface area contributed by atoms with Crippen molar-refractivity contribution in [2.45, 2.75) is 19.8 Å². The van der Waals surface area contributed by atoms with Crippen molar-refractivity contribution in [1.29, 1.82) is 0 Å². The van der Waals surface area contributed by atoms with Gasteiger partial charge in [0.25, 0.3) is 0 Å². The summed E-state index contributed by atoms with van der Waals surface area (Å²) in [5, 5.41) is 2.49. The Balaban J connectivity index is 2.70. The van der Waals surface area contributed by atoms with Gasteiger partial charge in [0, 0.05) is 35.1 Å². The van der Waals surface area contributed by atoms with Gasteiger partial charge in [-0.05, 0) is 12.0 Å².